The number of rotatable bonds is 6. The highest BCUT2D eigenvalue weighted by Crippen LogP contribution is 2.51. The number of fused-ring (bicyclic) bond motifs is 1. The molecular formula is C32H38N6O. The maximum absolute atomic E-state index is 14.1. The number of likely N-dealkylation sites (tertiary alicyclic amines) is 1. The Labute approximate surface area is 229 Å². The molecule has 202 valence electrons. The van der Waals surface area contributed by atoms with Crippen molar-refractivity contribution in [3.63, 3.8) is 0 Å². The van der Waals surface area contributed by atoms with Crippen LogP contribution in [0.15, 0.2) is 53.8 Å². The molecule has 1 aromatic carbocycles. The summed E-state index contributed by atoms with van der Waals surface area (Å²) in [5.41, 5.74) is 5.90. The van der Waals surface area contributed by atoms with Gasteiger partial charge in [0.25, 0.3) is 5.56 Å². The Morgan fingerprint density at radius 3 is 2.64 bits per heavy atom. The summed E-state index contributed by atoms with van der Waals surface area (Å²) in [7, 11) is 2.02. The van der Waals surface area contributed by atoms with Crippen molar-refractivity contribution in [2.45, 2.75) is 70.3 Å². The first-order valence-corrected chi connectivity index (χ1v) is 14.6. The van der Waals surface area contributed by atoms with Gasteiger partial charge < -0.3 is 4.57 Å². The zero-order valence-electron chi connectivity index (χ0n) is 23.3. The molecule has 2 saturated carbocycles. The highest BCUT2D eigenvalue weighted by molar-refractivity contribution is 5.66. The number of hydrogen-bond acceptors (Lipinski definition) is 5. The van der Waals surface area contributed by atoms with Gasteiger partial charge in [0.2, 0.25) is 0 Å². The van der Waals surface area contributed by atoms with Crippen molar-refractivity contribution in [3.05, 3.63) is 81.9 Å². The quantitative estimate of drug-likeness (QED) is 0.343. The summed E-state index contributed by atoms with van der Waals surface area (Å²) >= 11 is 0. The molecule has 0 radical (unpaired) electrons. The van der Waals surface area contributed by atoms with Gasteiger partial charge in [0.15, 0.2) is 0 Å². The lowest BCUT2D eigenvalue weighted by molar-refractivity contribution is 0.176. The van der Waals surface area contributed by atoms with Crippen LogP contribution < -0.4 is 5.56 Å². The van der Waals surface area contributed by atoms with Gasteiger partial charge in [-0.3, -0.25) is 14.1 Å². The van der Waals surface area contributed by atoms with Crippen LogP contribution in [0.1, 0.15) is 80.8 Å². The minimum absolute atomic E-state index is 0.0163. The summed E-state index contributed by atoms with van der Waals surface area (Å²) in [4.78, 5) is 21.5. The smallest absolute Gasteiger partial charge is 0.265 e. The van der Waals surface area contributed by atoms with E-state index in [2.05, 4.69) is 59.4 Å². The van der Waals surface area contributed by atoms with E-state index in [0.29, 0.717) is 17.4 Å². The van der Waals surface area contributed by atoms with Crippen molar-refractivity contribution in [2.24, 2.45) is 18.9 Å². The first-order chi connectivity index (χ1) is 18.9. The molecule has 2 aliphatic carbocycles. The number of pyridine rings is 1. The fourth-order valence-electron chi connectivity index (χ4n) is 7.32. The summed E-state index contributed by atoms with van der Waals surface area (Å²) < 4.78 is 3.87. The third kappa shape index (κ3) is 4.31. The van der Waals surface area contributed by atoms with Crippen LogP contribution in [0, 0.1) is 11.8 Å². The summed E-state index contributed by atoms with van der Waals surface area (Å²) in [6.45, 7) is 7.79. The number of aryl methyl sites for hydroxylation is 1. The molecule has 7 rings (SSSR count). The monoisotopic (exact) mass is 522 g/mol. The van der Waals surface area contributed by atoms with Crippen molar-refractivity contribution < 1.29 is 0 Å². The molecule has 3 aliphatic rings. The van der Waals surface area contributed by atoms with E-state index in [-0.39, 0.29) is 11.0 Å². The number of aromatic nitrogens is 5. The fourth-order valence-corrected chi connectivity index (χ4v) is 7.32. The van der Waals surface area contributed by atoms with Gasteiger partial charge in [-0.15, -0.1) is 10.2 Å². The molecule has 1 atom stereocenters. The Morgan fingerprint density at radius 1 is 1.08 bits per heavy atom. The van der Waals surface area contributed by atoms with E-state index in [1.54, 1.807) is 12.5 Å². The van der Waals surface area contributed by atoms with Crippen molar-refractivity contribution in [1.29, 1.82) is 0 Å². The molecule has 1 aliphatic heterocycles. The van der Waals surface area contributed by atoms with Gasteiger partial charge in [-0.2, -0.15) is 0 Å². The van der Waals surface area contributed by atoms with Crippen LogP contribution in [0.25, 0.3) is 16.8 Å². The van der Waals surface area contributed by atoms with Gasteiger partial charge >= 0.3 is 0 Å². The average molecular weight is 523 g/mol. The third-order valence-electron chi connectivity index (χ3n) is 9.31. The van der Waals surface area contributed by atoms with Gasteiger partial charge in [0.05, 0.1) is 11.0 Å². The van der Waals surface area contributed by atoms with E-state index in [1.165, 1.54) is 42.4 Å². The molecule has 0 N–H and O–H groups in total. The first-order valence-electron chi connectivity index (χ1n) is 14.6. The van der Waals surface area contributed by atoms with E-state index in [0.717, 1.165) is 55.4 Å². The Morgan fingerprint density at radius 2 is 1.92 bits per heavy atom. The Hall–Kier alpha value is -3.32. The molecule has 0 unspecified atom stereocenters. The molecule has 7 heteroatoms. The van der Waals surface area contributed by atoms with Crippen LogP contribution in [0.4, 0.5) is 0 Å². The predicted octanol–water partition coefficient (Wildman–Crippen LogP) is 5.32. The zero-order chi connectivity index (χ0) is 26.7. The lowest BCUT2D eigenvalue weighted by Crippen LogP contribution is -2.43. The van der Waals surface area contributed by atoms with Gasteiger partial charge in [-0.25, -0.2) is 4.98 Å². The van der Waals surface area contributed by atoms with Crippen LogP contribution in [-0.4, -0.2) is 42.1 Å². The topological polar surface area (TPSA) is 68.3 Å². The number of benzene rings is 1. The normalized spacial score (nSPS) is 25.6. The molecule has 0 amide bonds. The molecule has 0 spiro atoms. The van der Waals surface area contributed by atoms with Gasteiger partial charge in [-0.1, -0.05) is 32.0 Å². The van der Waals surface area contributed by atoms with Crippen LogP contribution in [0.2, 0.25) is 0 Å². The van der Waals surface area contributed by atoms with Crippen LogP contribution in [0.3, 0.4) is 0 Å². The molecule has 4 aromatic rings. The molecule has 3 fully saturated rings. The van der Waals surface area contributed by atoms with E-state index >= 15 is 0 Å². The standard InChI is InChI=1S/C32H38N6O/c1-21-6-5-11-37(17-21)18-23-12-27(24-9-10-24)29-33-16-28(30(39)38(29)19-23)25-7-4-8-26(13-25)32(14-22(2)15-32)31-35-34-20-36(31)3/h4,7-8,12-13,16,19-22,24H,5-6,9-11,14-15,17-18H2,1-3H3/t21-,22?,32?/m0/s1. The van der Waals surface area contributed by atoms with Crippen molar-refractivity contribution in [3.8, 4) is 11.1 Å². The number of hydrogen-bond donors (Lipinski definition) is 0. The third-order valence-corrected chi connectivity index (χ3v) is 9.31. The Balaban J connectivity index is 1.30. The molecule has 0 bridgehead atoms. The second-order valence-corrected chi connectivity index (χ2v) is 12.7. The van der Waals surface area contributed by atoms with Crippen LogP contribution in [-0.2, 0) is 19.0 Å². The molecule has 39 heavy (non-hydrogen) atoms. The summed E-state index contributed by atoms with van der Waals surface area (Å²) in [5.74, 6) is 2.87. The number of piperidine rings is 1. The second-order valence-electron chi connectivity index (χ2n) is 12.7. The van der Waals surface area contributed by atoms with E-state index in [9.17, 15) is 4.79 Å². The first kappa shape index (κ1) is 24.7. The summed E-state index contributed by atoms with van der Waals surface area (Å²) in [5, 5.41) is 8.68. The van der Waals surface area contributed by atoms with Crippen LogP contribution in [0.5, 0.6) is 0 Å². The molecule has 3 aromatic heterocycles. The lowest BCUT2D eigenvalue weighted by atomic mass is 9.58. The Kier molecular flexibility index (Phi) is 5.96. The lowest BCUT2D eigenvalue weighted by Gasteiger charge is -2.46. The molecule has 4 heterocycles. The minimum atomic E-state index is -0.168. The molecular weight excluding hydrogens is 484 g/mol. The van der Waals surface area contributed by atoms with Gasteiger partial charge in [0.1, 0.15) is 17.8 Å². The SMILES string of the molecule is CC1CC(c2cccc(-c3cnc4c(C5CC5)cc(CN5CCC[C@H](C)C5)cn4c3=O)c2)(c2nncn2C)C1. The predicted molar refractivity (Wildman–Crippen MR) is 153 cm³/mol. The van der Waals surface area contributed by atoms with Crippen molar-refractivity contribution >= 4 is 5.65 Å². The van der Waals surface area contributed by atoms with Crippen molar-refractivity contribution in [2.75, 3.05) is 13.1 Å². The highest BCUT2D eigenvalue weighted by atomic mass is 16.1. The highest BCUT2D eigenvalue weighted by Gasteiger charge is 2.48. The maximum Gasteiger partial charge on any atom is 0.265 e. The average Bonchev–Trinajstić information content (AvgIpc) is 3.67. The van der Waals surface area contributed by atoms with E-state index in [1.807, 2.05) is 22.1 Å². The largest absolute Gasteiger partial charge is 0.320 e. The minimum Gasteiger partial charge on any atom is -0.320 e. The summed E-state index contributed by atoms with van der Waals surface area (Å²) in [6.07, 6.45) is 12.6. The van der Waals surface area contributed by atoms with E-state index in [4.69, 9.17) is 4.98 Å². The molecule has 7 nitrogen and oxygen atoms in total. The fraction of sp³-hybridized carbons (Fsp3) is 0.500. The van der Waals surface area contributed by atoms with Crippen molar-refractivity contribution in [1.82, 2.24) is 29.0 Å². The van der Waals surface area contributed by atoms with Crippen LogP contribution >= 0.6 is 0 Å². The van der Waals surface area contributed by atoms with Gasteiger partial charge in [-0.05, 0) is 97.2 Å². The van der Waals surface area contributed by atoms with E-state index < -0.39 is 0 Å². The Bertz CT molecular complexity index is 1590. The summed E-state index contributed by atoms with van der Waals surface area (Å²) in [6, 6.07) is 10.8. The number of nitrogens with zero attached hydrogens (tertiary/aromatic N) is 6. The molecule has 1 saturated heterocycles. The van der Waals surface area contributed by atoms with Gasteiger partial charge in [0, 0.05) is 32.5 Å². The maximum atomic E-state index is 14.1. The zero-order valence-corrected chi connectivity index (χ0v) is 23.3. The second kappa shape index (κ2) is 9.40.